The minimum atomic E-state index is -2.60. The van der Waals surface area contributed by atoms with Crippen LogP contribution < -0.4 is 16.1 Å². The molecule has 2 heterocycles. The van der Waals surface area contributed by atoms with Crippen LogP contribution in [0.1, 0.15) is 67.9 Å². The fraction of sp³-hybridized carbons (Fsp3) is 0.353. The standard InChI is InChI=1S/C34H41N3O3Si/c1-33(2,3)25-17-19-26(20-18-25)36-28-15-11-9-13-23(28)21-27-30(36)35-32(39)37(31(27)38)29-16-12-10-14-24(29)22-40-41(7,8)34(4,5)6/h9-20H,21-22H2,1-8H3,(H,35,39)/i21D,22D2. The summed E-state index contributed by atoms with van der Waals surface area (Å²) in [5, 5.41) is -0.268. The van der Waals surface area contributed by atoms with Crippen molar-refractivity contribution in [2.75, 3.05) is 4.90 Å². The van der Waals surface area contributed by atoms with Gasteiger partial charge in [0.15, 0.2) is 8.32 Å². The average molecular weight is 571 g/mol. The summed E-state index contributed by atoms with van der Waals surface area (Å²) in [7, 11) is -2.60. The number of para-hydroxylation sites is 2. The molecule has 0 radical (unpaired) electrons. The molecule has 0 spiro atoms. The highest BCUT2D eigenvalue weighted by Crippen LogP contribution is 2.42. The second kappa shape index (κ2) is 10.3. The van der Waals surface area contributed by atoms with Gasteiger partial charge in [0, 0.05) is 19.0 Å². The summed E-state index contributed by atoms with van der Waals surface area (Å²) in [5.74, 6) is 0.233. The van der Waals surface area contributed by atoms with Gasteiger partial charge in [-0.3, -0.25) is 14.7 Å². The molecule has 1 aliphatic heterocycles. The van der Waals surface area contributed by atoms with Crippen LogP contribution >= 0.6 is 0 Å². The Morgan fingerprint density at radius 3 is 2.15 bits per heavy atom. The fourth-order valence-electron chi connectivity index (χ4n) is 4.62. The van der Waals surface area contributed by atoms with Crippen LogP contribution in [-0.4, -0.2) is 17.9 Å². The Balaban J connectivity index is 1.72. The van der Waals surface area contributed by atoms with Crippen molar-refractivity contribution in [1.82, 2.24) is 9.55 Å². The SMILES string of the molecule is [2H]C1c2ccccc2N(c2ccc(C(C)(C)C)cc2)c2[nH]c(=O)n(-c3ccccc3C([2H])([2H])O[Si](C)(C)C(C)(C)C)c(=O)c21. The largest absolute Gasteiger partial charge is 0.412 e. The number of benzene rings is 3. The maximum Gasteiger partial charge on any atom is 0.334 e. The number of hydrogen-bond donors (Lipinski definition) is 1. The number of aromatic nitrogens is 2. The third-order valence-electron chi connectivity index (χ3n) is 8.18. The van der Waals surface area contributed by atoms with Crippen LogP contribution in [0.4, 0.5) is 17.2 Å². The van der Waals surface area contributed by atoms with E-state index in [1.54, 1.807) is 24.3 Å². The van der Waals surface area contributed by atoms with Crippen molar-refractivity contribution in [3.8, 4) is 5.69 Å². The highest BCUT2D eigenvalue weighted by atomic mass is 28.4. The molecule has 1 N–H and O–H groups in total. The number of H-pyrrole nitrogens is 1. The molecular weight excluding hydrogens is 526 g/mol. The van der Waals surface area contributed by atoms with Gasteiger partial charge in [0.1, 0.15) is 5.82 Å². The minimum Gasteiger partial charge on any atom is -0.412 e. The van der Waals surface area contributed by atoms with Crippen LogP contribution in [0.2, 0.25) is 18.1 Å². The molecule has 41 heavy (non-hydrogen) atoms. The van der Waals surface area contributed by atoms with Crippen molar-refractivity contribution in [2.24, 2.45) is 0 Å². The lowest BCUT2D eigenvalue weighted by Crippen LogP contribution is -2.41. The third-order valence-corrected chi connectivity index (χ3v) is 12.4. The molecule has 1 unspecified atom stereocenters. The number of anilines is 3. The van der Waals surface area contributed by atoms with E-state index in [-0.39, 0.29) is 33.1 Å². The normalized spacial score (nSPS) is 16.8. The summed E-state index contributed by atoms with van der Waals surface area (Å²) >= 11 is 0. The van der Waals surface area contributed by atoms with Crippen molar-refractivity contribution < 1.29 is 8.54 Å². The van der Waals surface area contributed by atoms with Gasteiger partial charge in [-0.1, -0.05) is 90.1 Å². The summed E-state index contributed by atoms with van der Waals surface area (Å²) in [6.45, 7) is 14.1. The Bertz CT molecular complexity index is 1830. The predicted octanol–water partition coefficient (Wildman–Crippen LogP) is 7.72. The van der Waals surface area contributed by atoms with E-state index in [0.717, 1.165) is 15.8 Å². The molecule has 5 rings (SSSR count). The lowest BCUT2D eigenvalue weighted by Gasteiger charge is -2.36. The number of aromatic amines is 1. The smallest absolute Gasteiger partial charge is 0.334 e. The summed E-state index contributed by atoms with van der Waals surface area (Å²) in [5.41, 5.74) is 2.00. The molecule has 6 nitrogen and oxygen atoms in total. The van der Waals surface area contributed by atoms with E-state index in [9.17, 15) is 11.0 Å². The molecule has 214 valence electrons. The Morgan fingerprint density at radius 1 is 0.902 bits per heavy atom. The zero-order valence-electron chi connectivity index (χ0n) is 28.1. The fourth-order valence-corrected chi connectivity index (χ4v) is 5.29. The maximum atomic E-state index is 14.4. The van der Waals surface area contributed by atoms with E-state index in [1.807, 2.05) is 87.3 Å². The van der Waals surface area contributed by atoms with Gasteiger partial charge in [0.25, 0.3) is 5.56 Å². The summed E-state index contributed by atoms with van der Waals surface area (Å²) in [6.07, 6.45) is -1.07. The molecule has 0 aliphatic carbocycles. The molecule has 1 atom stereocenters. The summed E-state index contributed by atoms with van der Waals surface area (Å²) < 4.78 is 34.3. The number of nitrogens with zero attached hydrogens (tertiary/aromatic N) is 2. The van der Waals surface area contributed by atoms with Crippen LogP contribution in [0.25, 0.3) is 5.69 Å². The molecule has 1 aliphatic rings. The number of nitrogens with one attached hydrogen (secondary N) is 1. The van der Waals surface area contributed by atoms with Gasteiger partial charge < -0.3 is 4.43 Å². The molecule has 3 aromatic carbocycles. The quantitative estimate of drug-likeness (QED) is 0.250. The van der Waals surface area contributed by atoms with Crippen molar-refractivity contribution >= 4 is 25.5 Å². The first-order chi connectivity index (χ1) is 20.3. The van der Waals surface area contributed by atoms with E-state index in [4.69, 9.17) is 7.17 Å². The van der Waals surface area contributed by atoms with Crippen LogP contribution in [0.3, 0.4) is 0 Å². The van der Waals surface area contributed by atoms with Gasteiger partial charge in [0.2, 0.25) is 0 Å². The van der Waals surface area contributed by atoms with Gasteiger partial charge in [-0.05, 0) is 58.9 Å². The second-order valence-corrected chi connectivity index (χ2v) is 17.9. The van der Waals surface area contributed by atoms with Crippen molar-refractivity contribution in [1.29, 1.82) is 0 Å². The lowest BCUT2D eigenvalue weighted by molar-refractivity contribution is 0.276. The highest BCUT2D eigenvalue weighted by Gasteiger charge is 2.37. The third kappa shape index (κ3) is 5.36. The van der Waals surface area contributed by atoms with Gasteiger partial charge in [-0.2, -0.15) is 0 Å². The molecular formula is C34H41N3O3Si. The van der Waals surface area contributed by atoms with Gasteiger partial charge in [0.05, 0.1) is 26.2 Å². The first-order valence-corrected chi connectivity index (χ1v) is 16.9. The zero-order valence-corrected chi connectivity index (χ0v) is 26.1. The Morgan fingerprint density at radius 2 is 1.51 bits per heavy atom. The van der Waals surface area contributed by atoms with E-state index >= 15 is 0 Å². The number of rotatable bonds is 5. The van der Waals surface area contributed by atoms with Crippen molar-refractivity contribution in [2.45, 2.75) is 78.0 Å². The summed E-state index contributed by atoms with van der Waals surface area (Å²) in [6, 6.07) is 21.8. The first kappa shape index (κ1) is 25.1. The molecule has 7 heteroatoms. The van der Waals surface area contributed by atoms with E-state index in [1.165, 1.54) is 0 Å². The van der Waals surface area contributed by atoms with Crippen LogP contribution in [0.5, 0.6) is 0 Å². The highest BCUT2D eigenvalue weighted by molar-refractivity contribution is 6.74. The van der Waals surface area contributed by atoms with Gasteiger partial charge in [-0.25, -0.2) is 9.36 Å². The van der Waals surface area contributed by atoms with Crippen LogP contribution in [0.15, 0.2) is 82.4 Å². The molecule has 0 fully saturated rings. The van der Waals surface area contributed by atoms with E-state index in [0.29, 0.717) is 11.3 Å². The number of hydrogen-bond acceptors (Lipinski definition) is 4. The lowest BCUT2D eigenvalue weighted by atomic mass is 9.87. The molecule has 0 bridgehead atoms. The summed E-state index contributed by atoms with van der Waals surface area (Å²) in [4.78, 5) is 33.0. The Kier molecular flexibility index (Phi) is 6.30. The van der Waals surface area contributed by atoms with Crippen LogP contribution in [-0.2, 0) is 22.8 Å². The van der Waals surface area contributed by atoms with E-state index in [2.05, 4.69) is 25.8 Å². The minimum absolute atomic E-state index is 0.0584. The molecule has 4 aromatic rings. The van der Waals surface area contributed by atoms with Crippen molar-refractivity contribution in [3.63, 3.8) is 0 Å². The monoisotopic (exact) mass is 570 g/mol. The van der Waals surface area contributed by atoms with Gasteiger partial charge >= 0.3 is 5.69 Å². The average Bonchev–Trinajstić information content (AvgIpc) is 2.92. The Hall–Kier alpha value is -3.68. The predicted molar refractivity (Wildman–Crippen MR) is 171 cm³/mol. The van der Waals surface area contributed by atoms with E-state index < -0.39 is 32.5 Å². The molecule has 0 saturated carbocycles. The van der Waals surface area contributed by atoms with Crippen LogP contribution in [0, 0.1) is 0 Å². The zero-order chi connectivity index (χ0) is 32.4. The second-order valence-electron chi connectivity index (χ2n) is 13.2. The Labute approximate surface area is 248 Å². The molecule has 0 amide bonds. The maximum absolute atomic E-state index is 14.4. The molecule has 0 saturated heterocycles. The molecule has 1 aromatic heterocycles. The van der Waals surface area contributed by atoms with Crippen molar-refractivity contribution in [3.05, 3.63) is 116 Å². The topological polar surface area (TPSA) is 67.3 Å². The first-order valence-electron chi connectivity index (χ1n) is 15.5. The number of fused-ring (bicyclic) bond motifs is 2. The van der Waals surface area contributed by atoms with Gasteiger partial charge in [-0.15, -0.1) is 0 Å².